The Labute approximate surface area is 76.4 Å². The van der Waals surface area contributed by atoms with Crippen LogP contribution >= 0.6 is 0 Å². The van der Waals surface area contributed by atoms with E-state index < -0.39 is 11.9 Å². The molecule has 1 aromatic rings. The Morgan fingerprint density at radius 2 is 2.08 bits per heavy atom. The molecule has 0 saturated heterocycles. The fraction of sp³-hybridized carbons (Fsp3) is 0.222. The lowest BCUT2D eigenvalue weighted by Gasteiger charge is -2.13. The Morgan fingerprint density at radius 1 is 1.46 bits per heavy atom. The number of nitrogens with one attached hydrogen (secondary N) is 1. The van der Waals surface area contributed by atoms with E-state index in [2.05, 4.69) is 5.32 Å². The molecular formula is C9H12N2O2. The van der Waals surface area contributed by atoms with Crippen molar-refractivity contribution < 1.29 is 9.90 Å². The quantitative estimate of drug-likeness (QED) is 0.607. The van der Waals surface area contributed by atoms with Gasteiger partial charge in [-0.3, -0.25) is 4.79 Å². The second kappa shape index (κ2) is 4.47. The van der Waals surface area contributed by atoms with Gasteiger partial charge in [-0.2, -0.15) is 0 Å². The first kappa shape index (κ1) is 9.54. The standard InChI is InChI=1S/C9H12N2O2/c10-9(13)8(6-12)11-7-4-2-1-3-5-7/h1-5,8,11-12H,6H2,(H2,10,13)/t8-/m0/s1. The summed E-state index contributed by atoms with van der Waals surface area (Å²) in [6, 6.07) is 8.40. The molecule has 4 nitrogen and oxygen atoms in total. The molecule has 0 aliphatic heterocycles. The molecule has 0 spiro atoms. The summed E-state index contributed by atoms with van der Waals surface area (Å²) in [6.45, 7) is -0.301. The number of benzene rings is 1. The van der Waals surface area contributed by atoms with Crippen molar-refractivity contribution in [1.29, 1.82) is 0 Å². The van der Waals surface area contributed by atoms with E-state index in [4.69, 9.17) is 10.8 Å². The highest BCUT2D eigenvalue weighted by Crippen LogP contribution is 2.06. The molecule has 0 radical (unpaired) electrons. The van der Waals surface area contributed by atoms with Crippen LogP contribution in [0.2, 0.25) is 0 Å². The second-order valence-corrected chi connectivity index (χ2v) is 2.65. The molecule has 1 atom stereocenters. The summed E-state index contributed by atoms with van der Waals surface area (Å²) in [5.41, 5.74) is 5.80. The van der Waals surface area contributed by atoms with Gasteiger partial charge >= 0.3 is 0 Å². The van der Waals surface area contributed by atoms with E-state index in [1.807, 2.05) is 18.2 Å². The van der Waals surface area contributed by atoms with Crippen LogP contribution in [0.5, 0.6) is 0 Å². The first-order valence-electron chi connectivity index (χ1n) is 3.96. The Bertz CT molecular complexity index is 274. The van der Waals surface area contributed by atoms with Crippen molar-refractivity contribution in [2.75, 3.05) is 11.9 Å². The van der Waals surface area contributed by atoms with Crippen LogP contribution in [-0.4, -0.2) is 23.7 Å². The zero-order valence-corrected chi connectivity index (χ0v) is 7.10. The van der Waals surface area contributed by atoms with Crippen molar-refractivity contribution in [3.8, 4) is 0 Å². The maximum absolute atomic E-state index is 10.7. The summed E-state index contributed by atoms with van der Waals surface area (Å²) in [6.07, 6.45) is 0. The average Bonchev–Trinajstić information content (AvgIpc) is 2.15. The van der Waals surface area contributed by atoms with Crippen LogP contribution in [0.15, 0.2) is 30.3 Å². The summed E-state index contributed by atoms with van der Waals surface area (Å²) in [4.78, 5) is 10.7. The number of aliphatic hydroxyl groups excluding tert-OH is 1. The van der Waals surface area contributed by atoms with Gasteiger partial charge in [-0.25, -0.2) is 0 Å². The molecule has 70 valence electrons. The van der Waals surface area contributed by atoms with Crippen LogP contribution in [-0.2, 0) is 4.79 Å². The van der Waals surface area contributed by atoms with Crippen molar-refractivity contribution in [3.63, 3.8) is 0 Å². The second-order valence-electron chi connectivity index (χ2n) is 2.65. The smallest absolute Gasteiger partial charge is 0.242 e. The molecule has 0 saturated carbocycles. The topological polar surface area (TPSA) is 75.4 Å². The minimum Gasteiger partial charge on any atom is -0.394 e. The van der Waals surface area contributed by atoms with Crippen LogP contribution in [0.3, 0.4) is 0 Å². The number of carbonyl (C=O) groups is 1. The number of carbonyl (C=O) groups excluding carboxylic acids is 1. The van der Waals surface area contributed by atoms with Crippen LogP contribution < -0.4 is 11.1 Å². The summed E-state index contributed by atoms with van der Waals surface area (Å²) >= 11 is 0. The first-order chi connectivity index (χ1) is 6.24. The normalized spacial score (nSPS) is 12.1. The number of anilines is 1. The number of rotatable bonds is 4. The van der Waals surface area contributed by atoms with Gasteiger partial charge in [-0.1, -0.05) is 18.2 Å². The lowest BCUT2D eigenvalue weighted by Crippen LogP contribution is -2.38. The molecule has 0 aromatic heterocycles. The third-order valence-electron chi connectivity index (χ3n) is 1.64. The van der Waals surface area contributed by atoms with Crippen molar-refractivity contribution in [2.45, 2.75) is 6.04 Å². The van der Waals surface area contributed by atoms with Crippen LogP contribution in [0, 0.1) is 0 Å². The van der Waals surface area contributed by atoms with E-state index in [0.29, 0.717) is 0 Å². The minimum atomic E-state index is -0.720. The van der Waals surface area contributed by atoms with Gasteiger partial charge in [0.1, 0.15) is 6.04 Å². The Morgan fingerprint density at radius 3 is 2.54 bits per heavy atom. The number of hydrogen-bond acceptors (Lipinski definition) is 3. The third-order valence-corrected chi connectivity index (χ3v) is 1.64. The van der Waals surface area contributed by atoms with E-state index in [9.17, 15) is 4.79 Å². The Balaban J connectivity index is 2.62. The number of amides is 1. The summed E-state index contributed by atoms with van der Waals surface area (Å²) < 4.78 is 0. The van der Waals surface area contributed by atoms with Gasteiger partial charge in [0, 0.05) is 5.69 Å². The van der Waals surface area contributed by atoms with Crippen molar-refractivity contribution in [2.24, 2.45) is 5.73 Å². The SMILES string of the molecule is NC(=O)[C@H](CO)Nc1ccccc1. The van der Waals surface area contributed by atoms with Gasteiger partial charge < -0.3 is 16.2 Å². The Hall–Kier alpha value is -1.55. The van der Waals surface area contributed by atoms with E-state index in [1.54, 1.807) is 12.1 Å². The summed E-state index contributed by atoms with van der Waals surface area (Å²) in [5.74, 6) is -0.564. The summed E-state index contributed by atoms with van der Waals surface area (Å²) in [7, 11) is 0. The number of para-hydroxylation sites is 1. The molecular weight excluding hydrogens is 168 g/mol. The van der Waals surface area contributed by atoms with Crippen LogP contribution in [0.25, 0.3) is 0 Å². The van der Waals surface area contributed by atoms with Crippen molar-refractivity contribution in [3.05, 3.63) is 30.3 Å². The highest BCUT2D eigenvalue weighted by molar-refractivity contribution is 5.83. The van der Waals surface area contributed by atoms with Gasteiger partial charge in [-0.15, -0.1) is 0 Å². The van der Waals surface area contributed by atoms with Gasteiger partial charge in [0.15, 0.2) is 0 Å². The van der Waals surface area contributed by atoms with Crippen LogP contribution in [0.4, 0.5) is 5.69 Å². The molecule has 1 aromatic carbocycles. The number of hydrogen-bond donors (Lipinski definition) is 3. The first-order valence-corrected chi connectivity index (χ1v) is 3.96. The maximum Gasteiger partial charge on any atom is 0.242 e. The molecule has 0 fully saturated rings. The van der Waals surface area contributed by atoms with Gasteiger partial charge in [0.25, 0.3) is 0 Å². The number of nitrogens with two attached hydrogens (primary N) is 1. The zero-order chi connectivity index (χ0) is 9.68. The van der Waals surface area contributed by atoms with E-state index in [0.717, 1.165) is 5.69 Å². The minimum absolute atomic E-state index is 0.301. The maximum atomic E-state index is 10.7. The number of primary amides is 1. The number of aliphatic hydroxyl groups is 1. The molecule has 4 heteroatoms. The highest BCUT2D eigenvalue weighted by Gasteiger charge is 2.12. The van der Waals surface area contributed by atoms with E-state index >= 15 is 0 Å². The van der Waals surface area contributed by atoms with Gasteiger partial charge in [0.2, 0.25) is 5.91 Å². The fourth-order valence-corrected chi connectivity index (χ4v) is 0.942. The molecule has 0 unspecified atom stereocenters. The molecule has 0 bridgehead atoms. The van der Waals surface area contributed by atoms with Crippen LogP contribution in [0.1, 0.15) is 0 Å². The fourth-order valence-electron chi connectivity index (χ4n) is 0.942. The molecule has 13 heavy (non-hydrogen) atoms. The third kappa shape index (κ3) is 2.76. The van der Waals surface area contributed by atoms with E-state index in [-0.39, 0.29) is 6.61 Å². The van der Waals surface area contributed by atoms with Gasteiger partial charge in [-0.05, 0) is 12.1 Å². The zero-order valence-electron chi connectivity index (χ0n) is 7.10. The predicted octanol–water partition coefficient (Wildman–Crippen LogP) is -0.0553. The molecule has 0 heterocycles. The Kier molecular flexibility index (Phi) is 3.28. The highest BCUT2D eigenvalue weighted by atomic mass is 16.3. The average molecular weight is 180 g/mol. The molecule has 0 aliphatic rings. The van der Waals surface area contributed by atoms with Crippen molar-refractivity contribution in [1.82, 2.24) is 0 Å². The van der Waals surface area contributed by atoms with E-state index in [1.165, 1.54) is 0 Å². The summed E-state index contributed by atoms with van der Waals surface area (Å²) in [5, 5.41) is 11.6. The monoisotopic (exact) mass is 180 g/mol. The predicted molar refractivity (Wildman–Crippen MR) is 50.1 cm³/mol. The molecule has 4 N–H and O–H groups in total. The molecule has 0 aliphatic carbocycles. The lowest BCUT2D eigenvalue weighted by atomic mass is 10.2. The van der Waals surface area contributed by atoms with Crippen molar-refractivity contribution >= 4 is 11.6 Å². The molecule has 1 rings (SSSR count). The lowest BCUT2D eigenvalue weighted by molar-refractivity contribution is -0.119. The molecule has 1 amide bonds. The largest absolute Gasteiger partial charge is 0.394 e. The van der Waals surface area contributed by atoms with Gasteiger partial charge in [0.05, 0.1) is 6.61 Å².